The summed E-state index contributed by atoms with van der Waals surface area (Å²) in [6.45, 7) is 2.11. The molecule has 0 aliphatic heterocycles. The molecule has 0 aliphatic rings. The number of benzene rings is 2. The van der Waals surface area contributed by atoms with Crippen LogP contribution < -0.4 is 4.74 Å². The summed E-state index contributed by atoms with van der Waals surface area (Å²) in [5.74, 6) is -0.895. The predicted molar refractivity (Wildman–Crippen MR) is 103 cm³/mol. The average Bonchev–Trinajstić information content (AvgIpc) is 3.36. The Morgan fingerprint density at radius 2 is 1.90 bits per heavy atom. The summed E-state index contributed by atoms with van der Waals surface area (Å²) in [6.07, 6.45) is -3.20. The third-order valence-electron chi connectivity index (χ3n) is 4.04. The highest BCUT2D eigenvalue weighted by Gasteiger charge is 2.35. The van der Waals surface area contributed by atoms with Crippen LogP contribution in [0.25, 0.3) is 33.9 Å². The van der Waals surface area contributed by atoms with Gasteiger partial charge in [-0.1, -0.05) is 11.7 Å². The number of imidazole rings is 1. The van der Waals surface area contributed by atoms with Crippen molar-refractivity contribution in [1.29, 1.82) is 0 Å². The van der Waals surface area contributed by atoms with Gasteiger partial charge in [0.05, 0.1) is 22.9 Å². The van der Waals surface area contributed by atoms with Gasteiger partial charge in [0.15, 0.2) is 0 Å². The number of hydrogen-bond donors (Lipinski definition) is 1. The molecule has 4 rings (SSSR count). The van der Waals surface area contributed by atoms with Crippen LogP contribution in [0.2, 0.25) is 0 Å². The zero-order valence-electron chi connectivity index (χ0n) is 15.0. The van der Waals surface area contributed by atoms with Crippen molar-refractivity contribution in [2.75, 3.05) is 6.67 Å². The molecule has 0 amide bonds. The van der Waals surface area contributed by atoms with Crippen molar-refractivity contribution in [1.82, 2.24) is 20.1 Å². The first-order valence-corrected chi connectivity index (χ1v) is 8.25. The van der Waals surface area contributed by atoms with Crippen molar-refractivity contribution in [3.63, 3.8) is 0 Å². The maximum Gasteiger partial charge on any atom is 0.420 e. The molecule has 0 atom stereocenters. The van der Waals surface area contributed by atoms with Crippen LogP contribution in [0.5, 0.6) is 5.75 Å². The van der Waals surface area contributed by atoms with Gasteiger partial charge in [0, 0.05) is 11.1 Å². The van der Waals surface area contributed by atoms with Crippen LogP contribution in [0, 0.1) is 0 Å². The molecular weight excluding hydrogens is 428 g/mol. The number of alkyl halides is 4. The first kappa shape index (κ1) is 21.3. The maximum absolute atomic E-state index is 13.4. The Morgan fingerprint density at radius 1 is 1.13 bits per heavy atom. The smallest absolute Gasteiger partial charge is 0.420 e. The molecule has 30 heavy (non-hydrogen) atoms. The minimum atomic E-state index is -4.74. The van der Waals surface area contributed by atoms with Gasteiger partial charge in [0.1, 0.15) is 18.2 Å². The molecule has 0 fully saturated rings. The number of fused-ring (bicyclic) bond motifs is 1. The molecule has 2 aromatic carbocycles. The molecule has 0 radical (unpaired) electrons. The Labute approximate surface area is 173 Å². The van der Waals surface area contributed by atoms with Gasteiger partial charge in [-0.2, -0.15) is 18.2 Å². The molecule has 11 heteroatoms. The van der Waals surface area contributed by atoms with Crippen LogP contribution >= 0.6 is 12.4 Å². The summed E-state index contributed by atoms with van der Waals surface area (Å²) in [7, 11) is 0. The number of halogens is 5. The van der Waals surface area contributed by atoms with Crippen LogP contribution in [-0.2, 0) is 6.18 Å². The van der Waals surface area contributed by atoms with Crippen molar-refractivity contribution >= 4 is 23.4 Å². The highest BCUT2D eigenvalue weighted by atomic mass is 35.5. The van der Waals surface area contributed by atoms with E-state index >= 15 is 0 Å². The summed E-state index contributed by atoms with van der Waals surface area (Å²) < 4.78 is 62.8. The number of allylic oxidation sites excluding steroid dienone is 1. The van der Waals surface area contributed by atoms with E-state index in [4.69, 9.17) is 9.26 Å². The van der Waals surface area contributed by atoms with E-state index in [1.54, 1.807) is 18.2 Å². The van der Waals surface area contributed by atoms with Gasteiger partial charge in [-0.3, -0.25) is 0 Å². The van der Waals surface area contributed by atoms with E-state index in [1.165, 1.54) is 12.4 Å². The highest BCUT2D eigenvalue weighted by Crippen LogP contribution is 2.39. The molecule has 0 aliphatic carbocycles. The molecule has 0 spiro atoms. The second-order valence-corrected chi connectivity index (χ2v) is 6.04. The zero-order valence-corrected chi connectivity index (χ0v) is 15.9. The monoisotopic (exact) mass is 440 g/mol. The van der Waals surface area contributed by atoms with Crippen LogP contribution in [0.3, 0.4) is 0 Å². The van der Waals surface area contributed by atoms with E-state index in [9.17, 15) is 17.6 Å². The van der Waals surface area contributed by atoms with E-state index in [1.807, 2.05) is 0 Å². The molecule has 2 heterocycles. The first-order chi connectivity index (χ1) is 13.8. The van der Waals surface area contributed by atoms with Crippen molar-refractivity contribution in [2.24, 2.45) is 0 Å². The van der Waals surface area contributed by atoms with Gasteiger partial charge in [0.2, 0.25) is 5.82 Å². The fourth-order valence-corrected chi connectivity index (χ4v) is 2.69. The van der Waals surface area contributed by atoms with Gasteiger partial charge in [-0.05, 0) is 36.4 Å². The lowest BCUT2D eigenvalue weighted by Crippen LogP contribution is -2.09. The molecule has 6 nitrogen and oxygen atoms in total. The fourth-order valence-electron chi connectivity index (χ4n) is 2.69. The molecule has 0 saturated carbocycles. The normalized spacial score (nSPS) is 11.3. The molecule has 1 N–H and O–H groups in total. The van der Waals surface area contributed by atoms with E-state index in [2.05, 4.69) is 26.7 Å². The molecule has 0 unspecified atom stereocenters. The Hall–Kier alpha value is -3.40. The van der Waals surface area contributed by atoms with Crippen LogP contribution in [0.1, 0.15) is 5.56 Å². The van der Waals surface area contributed by atoms with E-state index in [0.29, 0.717) is 5.56 Å². The maximum atomic E-state index is 13.4. The summed E-state index contributed by atoms with van der Waals surface area (Å²) in [5, 5.41) is 3.83. The summed E-state index contributed by atoms with van der Waals surface area (Å²) in [6, 6.07) is 8.39. The lowest BCUT2D eigenvalue weighted by molar-refractivity contribution is -0.138. The summed E-state index contributed by atoms with van der Waals surface area (Å²) in [4.78, 5) is 11.2. The quantitative estimate of drug-likeness (QED) is 0.324. The average molecular weight is 441 g/mol. The SMILES string of the molecule is C=C(CF)Oc1ccc(-c2nc(-c3ccc4nc[nH]c4c3)no2)cc1C(F)(F)F.Cl. The van der Waals surface area contributed by atoms with Crippen molar-refractivity contribution < 1.29 is 26.8 Å². The number of H-pyrrole nitrogens is 1. The highest BCUT2D eigenvalue weighted by molar-refractivity contribution is 5.85. The third-order valence-corrected chi connectivity index (χ3v) is 4.04. The fraction of sp³-hybridized carbons (Fsp3) is 0.105. The number of aromatic amines is 1. The lowest BCUT2D eigenvalue weighted by atomic mass is 10.1. The largest absolute Gasteiger partial charge is 0.459 e. The van der Waals surface area contributed by atoms with Crippen LogP contribution in [0.15, 0.2) is 59.6 Å². The van der Waals surface area contributed by atoms with Gasteiger partial charge >= 0.3 is 6.18 Å². The Morgan fingerprint density at radius 3 is 2.63 bits per heavy atom. The minimum Gasteiger partial charge on any atom is -0.459 e. The standard InChI is InChI=1S/C19H12F4N4O2.ClH/c1-10(8-20)28-16-5-3-12(6-13(16)19(21,22)23)18-26-17(27-29-18)11-2-4-14-15(7-11)25-9-24-14;/h2-7,9H,1,8H2,(H,24,25);1H. The Bertz CT molecular complexity index is 1200. The number of ether oxygens (including phenoxy) is 1. The van der Waals surface area contributed by atoms with Crippen LogP contribution in [0.4, 0.5) is 17.6 Å². The topological polar surface area (TPSA) is 76.8 Å². The van der Waals surface area contributed by atoms with Gasteiger partial charge < -0.3 is 14.2 Å². The van der Waals surface area contributed by atoms with Crippen LogP contribution in [-0.4, -0.2) is 26.8 Å². The first-order valence-electron chi connectivity index (χ1n) is 8.25. The number of rotatable bonds is 5. The van der Waals surface area contributed by atoms with Crippen molar-refractivity contribution in [3.8, 4) is 28.6 Å². The van der Waals surface area contributed by atoms with E-state index in [0.717, 1.165) is 23.2 Å². The summed E-state index contributed by atoms with van der Waals surface area (Å²) in [5.41, 5.74) is 1.03. The Balaban J connectivity index is 0.00000256. The summed E-state index contributed by atoms with van der Waals surface area (Å²) >= 11 is 0. The van der Waals surface area contributed by atoms with Crippen molar-refractivity contribution in [2.45, 2.75) is 6.18 Å². The zero-order chi connectivity index (χ0) is 20.6. The van der Waals surface area contributed by atoms with E-state index < -0.39 is 29.9 Å². The third kappa shape index (κ3) is 4.13. The molecule has 0 saturated heterocycles. The molecule has 156 valence electrons. The molecule has 4 aromatic rings. The second kappa shape index (κ2) is 8.15. The lowest BCUT2D eigenvalue weighted by Gasteiger charge is -2.14. The molecule has 2 aromatic heterocycles. The Kier molecular flexibility index (Phi) is 5.79. The van der Waals surface area contributed by atoms with Gasteiger partial charge in [0.25, 0.3) is 5.89 Å². The molecular formula is C19H13ClF4N4O2. The number of nitrogens with zero attached hydrogens (tertiary/aromatic N) is 3. The van der Waals surface area contributed by atoms with Gasteiger partial charge in [-0.15, -0.1) is 12.4 Å². The molecule has 0 bridgehead atoms. The predicted octanol–water partition coefficient (Wildman–Crippen LogP) is 5.58. The second-order valence-electron chi connectivity index (χ2n) is 6.04. The van der Waals surface area contributed by atoms with Gasteiger partial charge in [-0.25, -0.2) is 9.37 Å². The van der Waals surface area contributed by atoms with E-state index in [-0.39, 0.29) is 29.7 Å². The van der Waals surface area contributed by atoms with Crippen molar-refractivity contribution in [3.05, 3.63) is 60.6 Å². The number of aromatic nitrogens is 4. The number of hydrogen-bond acceptors (Lipinski definition) is 5. The minimum absolute atomic E-state index is 0. The number of nitrogens with one attached hydrogen (secondary N) is 1.